The molecule has 0 aliphatic carbocycles. The average Bonchev–Trinajstić information content (AvgIpc) is 2.37. The lowest BCUT2D eigenvalue weighted by Crippen LogP contribution is -2.12. The Labute approximate surface area is 105 Å². The van der Waals surface area contributed by atoms with E-state index in [4.69, 9.17) is 0 Å². The van der Waals surface area contributed by atoms with Crippen molar-refractivity contribution in [2.45, 2.75) is 0 Å². The van der Waals surface area contributed by atoms with Gasteiger partial charge in [0.1, 0.15) is 12.1 Å². The number of nitrogens with one attached hydrogen (secondary N) is 1. The third-order valence-corrected chi connectivity index (χ3v) is 2.49. The summed E-state index contributed by atoms with van der Waals surface area (Å²) in [5.74, 6) is 0.576. The molecule has 0 spiro atoms. The minimum Gasteiger partial charge on any atom is -0.362 e. The molecule has 1 aromatic heterocycles. The molecule has 5 heteroatoms. The molecule has 1 N–H and O–H groups in total. The second kappa shape index (κ2) is 4.83. The quantitative estimate of drug-likeness (QED) is 0.834. The fourth-order valence-corrected chi connectivity index (χ4v) is 1.67. The van der Waals surface area contributed by atoms with Crippen LogP contribution >= 0.6 is 0 Å². The van der Waals surface area contributed by atoms with Gasteiger partial charge in [0.15, 0.2) is 0 Å². The predicted molar refractivity (Wildman–Crippen MR) is 72.7 cm³/mol. The van der Waals surface area contributed by atoms with Gasteiger partial charge in [-0.15, -0.1) is 0 Å². The van der Waals surface area contributed by atoms with E-state index < -0.39 is 0 Å². The van der Waals surface area contributed by atoms with E-state index >= 15 is 0 Å². The van der Waals surface area contributed by atoms with Crippen LogP contribution in [0.1, 0.15) is 0 Å². The number of nitrogens with zero attached hydrogens (tertiary/aromatic N) is 3. The second-order valence-electron chi connectivity index (χ2n) is 4.02. The van der Waals surface area contributed by atoms with Crippen molar-refractivity contribution in [3.05, 3.63) is 37.2 Å². The van der Waals surface area contributed by atoms with Crippen LogP contribution in [-0.2, 0) is 4.79 Å². The number of anilines is 2. The molecule has 0 fully saturated rings. The van der Waals surface area contributed by atoms with E-state index in [1.807, 2.05) is 31.1 Å². The Kier molecular flexibility index (Phi) is 3.23. The third kappa shape index (κ3) is 2.29. The van der Waals surface area contributed by atoms with Gasteiger partial charge in [0.2, 0.25) is 5.91 Å². The number of hydrogen-bond donors (Lipinski definition) is 1. The van der Waals surface area contributed by atoms with Gasteiger partial charge in [-0.25, -0.2) is 9.97 Å². The van der Waals surface area contributed by atoms with Crippen molar-refractivity contribution in [2.75, 3.05) is 24.3 Å². The topological polar surface area (TPSA) is 58.1 Å². The number of fused-ring (bicyclic) bond motifs is 1. The highest BCUT2D eigenvalue weighted by Gasteiger charge is 2.07. The smallest absolute Gasteiger partial charge is 0.247 e. The molecule has 0 unspecified atom stereocenters. The number of hydrogen-bond acceptors (Lipinski definition) is 4. The normalized spacial score (nSPS) is 10.1. The molecule has 0 saturated carbocycles. The van der Waals surface area contributed by atoms with Crippen molar-refractivity contribution in [3.63, 3.8) is 0 Å². The highest BCUT2D eigenvalue weighted by Crippen LogP contribution is 2.24. The van der Waals surface area contributed by atoms with Crippen LogP contribution in [0, 0.1) is 0 Å². The van der Waals surface area contributed by atoms with Gasteiger partial charge in [0.05, 0.1) is 5.52 Å². The first-order valence-corrected chi connectivity index (χ1v) is 5.47. The molecule has 0 aliphatic heterocycles. The molecule has 0 atom stereocenters. The van der Waals surface area contributed by atoms with Crippen molar-refractivity contribution >= 4 is 28.3 Å². The first kappa shape index (κ1) is 12.0. The number of rotatable bonds is 3. The molecule has 2 rings (SSSR count). The first-order chi connectivity index (χ1) is 8.61. The molecule has 0 bridgehead atoms. The second-order valence-corrected chi connectivity index (χ2v) is 4.02. The fraction of sp³-hybridized carbons (Fsp3) is 0.154. The van der Waals surface area contributed by atoms with Gasteiger partial charge in [-0.3, -0.25) is 4.79 Å². The number of carbonyl (C=O) groups is 1. The molecule has 1 heterocycles. The molecule has 18 heavy (non-hydrogen) atoms. The summed E-state index contributed by atoms with van der Waals surface area (Å²) in [6.07, 6.45) is 2.76. The summed E-state index contributed by atoms with van der Waals surface area (Å²) in [6.45, 7) is 3.42. The molecule has 5 nitrogen and oxygen atoms in total. The van der Waals surface area contributed by atoms with E-state index in [1.165, 1.54) is 12.4 Å². The molecule has 0 aliphatic rings. The minimum atomic E-state index is -0.238. The molecule has 0 saturated heterocycles. The Morgan fingerprint density at radius 1 is 1.39 bits per heavy atom. The maximum Gasteiger partial charge on any atom is 0.247 e. The summed E-state index contributed by atoms with van der Waals surface area (Å²) >= 11 is 0. The van der Waals surface area contributed by atoms with Gasteiger partial charge < -0.3 is 10.2 Å². The highest BCUT2D eigenvalue weighted by atomic mass is 16.1. The standard InChI is InChI=1S/C13H14N4O/c1-4-12(18)16-9-5-6-11-10(7-9)13(17(2)3)15-8-14-11/h4-8H,1H2,2-3H3,(H,16,18). The Bertz CT molecular complexity index is 607. The van der Waals surface area contributed by atoms with Gasteiger partial charge in [-0.05, 0) is 24.3 Å². The summed E-state index contributed by atoms with van der Waals surface area (Å²) in [4.78, 5) is 21.6. The first-order valence-electron chi connectivity index (χ1n) is 5.47. The monoisotopic (exact) mass is 242 g/mol. The lowest BCUT2D eigenvalue weighted by molar-refractivity contribution is -0.111. The van der Waals surface area contributed by atoms with Crippen molar-refractivity contribution in [1.82, 2.24) is 9.97 Å². The molecule has 2 aromatic rings. The Morgan fingerprint density at radius 3 is 2.83 bits per heavy atom. The number of amides is 1. The van der Waals surface area contributed by atoms with Gasteiger partial charge in [-0.1, -0.05) is 6.58 Å². The van der Waals surface area contributed by atoms with E-state index in [1.54, 1.807) is 6.07 Å². The van der Waals surface area contributed by atoms with Crippen molar-refractivity contribution in [1.29, 1.82) is 0 Å². The van der Waals surface area contributed by atoms with Crippen LogP contribution in [0.15, 0.2) is 37.2 Å². The van der Waals surface area contributed by atoms with E-state index in [2.05, 4.69) is 21.9 Å². The zero-order valence-corrected chi connectivity index (χ0v) is 10.3. The summed E-state index contributed by atoms with van der Waals surface area (Å²) in [5, 5.41) is 3.61. The van der Waals surface area contributed by atoms with Gasteiger partial charge >= 0.3 is 0 Å². The van der Waals surface area contributed by atoms with Crippen molar-refractivity contribution < 1.29 is 4.79 Å². The van der Waals surface area contributed by atoms with Crippen LogP contribution < -0.4 is 10.2 Å². The van der Waals surface area contributed by atoms with Gasteiger partial charge in [0, 0.05) is 25.2 Å². The predicted octanol–water partition coefficient (Wildman–Crippen LogP) is 1.82. The zero-order valence-electron chi connectivity index (χ0n) is 10.3. The van der Waals surface area contributed by atoms with Gasteiger partial charge in [0.25, 0.3) is 0 Å². The highest BCUT2D eigenvalue weighted by molar-refractivity contribution is 6.01. The maximum atomic E-state index is 11.3. The SMILES string of the molecule is C=CC(=O)Nc1ccc2ncnc(N(C)C)c2c1. The van der Waals surface area contributed by atoms with Crippen LogP contribution in [0.2, 0.25) is 0 Å². The van der Waals surface area contributed by atoms with Crippen LogP contribution in [0.5, 0.6) is 0 Å². The molecular formula is C13H14N4O. The average molecular weight is 242 g/mol. The fourth-order valence-electron chi connectivity index (χ4n) is 1.67. The molecule has 1 amide bonds. The molecule has 92 valence electrons. The van der Waals surface area contributed by atoms with Gasteiger partial charge in [-0.2, -0.15) is 0 Å². The summed E-state index contributed by atoms with van der Waals surface area (Å²) in [6, 6.07) is 5.50. The van der Waals surface area contributed by atoms with Crippen LogP contribution in [-0.4, -0.2) is 30.0 Å². The Hall–Kier alpha value is -2.43. The van der Waals surface area contributed by atoms with E-state index in [0.29, 0.717) is 5.69 Å². The number of carbonyl (C=O) groups excluding carboxylic acids is 1. The van der Waals surface area contributed by atoms with Crippen LogP contribution in [0.3, 0.4) is 0 Å². The molecular weight excluding hydrogens is 228 g/mol. The van der Waals surface area contributed by atoms with E-state index in [-0.39, 0.29) is 5.91 Å². The lowest BCUT2D eigenvalue weighted by Gasteiger charge is -2.14. The maximum absolute atomic E-state index is 11.3. The molecule has 0 radical (unpaired) electrons. The van der Waals surface area contributed by atoms with Crippen molar-refractivity contribution in [3.8, 4) is 0 Å². The van der Waals surface area contributed by atoms with E-state index in [9.17, 15) is 4.79 Å². The summed E-state index contributed by atoms with van der Waals surface area (Å²) in [5.41, 5.74) is 1.54. The largest absolute Gasteiger partial charge is 0.362 e. The lowest BCUT2D eigenvalue weighted by atomic mass is 10.2. The molecule has 1 aromatic carbocycles. The summed E-state index contributed by atoms with van der Waals surface area (Å²) in [7, 11) is 3.83. The Morgan fingerprint density at radius 2 is 2.17 bits per heavy atom. The minimum absolute atomic E-state index is 0.238. The number of aromatic nitrogens is 2. The van der Waals surface area contributed by atoms with Crippen molar-refractivity contribution in [2.24, 2.45) is 0 Å². The van der Waals surface area contributed by atoms with Crippen LogP contribution in [0.25, 0.3) is 10.9 Å². The summed E-state index contributed by atoms with van der Waals surface area (Å²) < 4.78 is 0. The van der Waals surface area contributed by atoms with E-state index in [0.717, 1.165) is 16.7 Å². The zero-order chi connectivity index (χ0) is 13.1. The Balaban J connectivity index is 2.51. The third-order valence-electron chi connectivity index (χ3n) is 2.49. The number of benzene rings is 1. The van der Waals surface area contributed by atoms with Crippen LogP contribution in [0.4, 0.5) is 11.5 Å².